The number of nitrogens with zero attached hydrogens (tertiary/aromatic N) is 5. The average molecular weight is 619 g/mol. The molecular formula is C28H38N6O6S2. The molecule has 0 aliphatic carbocycles. The Hall–Kier alpha value is -3.17. The van der Waals surface area contributed by atoms with Crippen LogP contribution in [0.25, 0.3) is 10.3 Å². The van der Waals surface area contributed by atoms with Crippen LogP contribution in [0.2, 0.25) is 0 Å². The number of thiazole rings is 1. The number of hydrogen-bond donors (Lipinski definition) is 1. The van der Waals surface area contributed by atoms with Crippen molar-refractivity contribution in [3.8, 4) is 0 Å². The van der Waals surface area contributed by atoms with Gasteiger partial charge in [-0.3, -0.25) is 10.1 Å². The maximum absolute atomic E-state index is 13.4. The summed E-state index contributed by atoms with van der Waals surface area (Å²) in [5.74, 6) is 0.255. The van der Waals surface area contributed by atoms with Crippen molar-refractivity contribution >= 4 is 54.1 Å². The summed E-state index contributed by atoms with van der Waals surface area (Å²) >= 11 is 1.26. The van der Waals surface area contributed by atoms with E-state index in [1.807, 2.05) is 33.3 Å². The first kappa shape index (κ1) is 31.8. The number of oxime groups is 1. The zero-order valence-electron chi connectivity index (χ0n) is 24.4. The smallest absolute Gasteiger partial charge is 0.280 e. The second-order valence-electron chi connectivity index (χ2n) is 10.3. The third-order valence-corrected chi connectivity index (χ3v) is 9.29. The van der Waals surface area contributed by atoms with Gasteiger partial charge in [0.05, 0.1) is 23.9 Å². The van der Waals surface area contributed by atoms with Gasteiger partial charge in [0.2, 0.25) is 0 Å². The van der Waals surface area contributed by atoms with E-state index in [1.54, 1.807) is 12.1 Å². The third kappa shape index (κ3) is 8.67. The maximum Gasteiger partial charge on any atom is 0.280 e. The van der Waals surface area contributed by atoms with Crippen LogP contribution in [0.1, 0.15) is 24.8 Å². The number of carbonyl (C=O) groups excluding carboxylic acids is 1. The summed E-state index contributed by atoms with van der Waals surface area (Å²) in [6, 6.07) is 9.84. The number of aromatic nitrogens is 2. The third-order valence-electron chi connectivity index (χ3n) is 6.60. The number of anilines is 2. The summed E-state index contributed by atoms with van der Waals surface area (Å²) < 4.78 is 35.7. The fourth-order valence-corrected chi connectivity index (χ4v) is 6.36. The Bertz CT molecular complexity index is 1470. The molecule has 12 nitrogen and oxygen atoms in total. The van der Waals surface area contributed by atoms with Crippen LogP contribution in [0.4, 0.5) is 10.9 Å². The molecule has 0 bridgehead atoms. The SMILES string of the molecule is COCCCS(=O)(=O)c1ccc(/C(=N\O[C@@H]2CCOC2)C(=O)Nc2nc3ccc(N(C)CCCN(C)C)nc3s2)cc1. The number of hydrogen-bond acceptors (Lipinski definition) is 12. The van der Waals surface area contributed by atoms with Gasteiger partial charge in [-0.1, -0.05) is 28.6 Å². The minimum Gasteiger partial charge on any atom is -0.389 e. The van der Waals surface area contributed by atoms with Crippen molar-refractivity contribution in [3.05, 3.63) is 42.0 Å². The summed E-state index contributed by atoms with van der Waals surface area (Å²) in [6.45, 7) is 3.14. The zero-order valence-corrected chi connectivity index (χ0v) is 26.0. The Morgan fingerprint density at radius 3 is 2.60 bits per heavy atom. The zero-order chi connectivity index (χ0) is 30.1. The Labute approximate surface area is 250 Å². The summed E-state index contributed by atoms with van der Waals surface area (Å²) in [5, 5.41) is 7.35. The highest BCUT2D eigenvalue weighted by molar-refractivity contribution is 7.91. The van der Waals surface area contributed by atoms with E-state index in [1.165, 1.54) is 30.6 Å². The van der Waals surface area contributed by atoms with Crippen LogP contribution in [0, 0.1) is 0 Å². The molecule has 14 heteroatoms. The number of rotatable bonds is 15. The Morgan fingerprint density at radius 1 is 1.12 bits per heavy atom. The molecule has 2 aromatic heterocycles. The number of amides is 1. The highest BCUT2D eigenvalue weighted by atomic mass is 32.2. The van der Waals surface area contributed by atoms with Crippen molar-refractivity contribution in [1.82, 2.24) is 14.9 Å². The van der Waals surface area contributed by atoms with Crippen LogP contribution in [0.15, 0.2) is 46.4 Å². The standard InChI is InChI=1S/C28H38N6O6S2/c1-33(2)14-5-15-34(3)24-12-11-23-27(30-24)41-28(29-23)31-26(35)25(32-40-21-13-17-39-19-21)20-7-9-22(10-8-20)42(36,37)18-6-16-38-4/h7-12,21H,5-6,13-19H2,1-4H3,(H,29,31,35)/b32-25+/t21-/m1/s1. The monoisotopic (exact) mass is 618 g/mol. The molecule has 1 amide bonds. The number of methoxy groups -OCH3 is 1. The van der Waals surface area contributed by atoms with Gasteiger partial charge in [-0.25, -0.2) is 18.4 Å². The van der Waals surface area contributed by atoms with Gasteiger partial charge in [-0.05, 0) is 57.7 Å². The number of ether oxygens (including phenoxy) is 2. The molecule has 0 saturated carbocycles. The fourth-order valence-electron chi connectivity index (χ4n) is 4.25. The molecule has 4 rings (SSSR count). The normalized spacial score (nSPS) is 15.8. The van der Waals surface area contributed by atoms with Gasteiger partial charge < -0.3 is 24.1 Å². The van der Waals surface area contributed by atoms with Gasteiger partial charge in [0.25, 0.3) is 5.91 Å². The largest absolute Gasteiger partial charge is 0.389 e. The second-order valence-corrected chi connectivity index (χ2v) is 13.4. The highest BCUT2D eigenvalue weighted by Crippen LogP contribution is 2.27. The molecule has 3 aromatic rings. The fraction of sp³-hybridized carbons (Fsp3) is 0.500. The summed E-state index contributed by atoms with van der Waals surface area (Å²) in [4.78, 5) is 33.4. The van der Waals surface area contributed by atoms with E-state index in [0.29, 0.717) is 53.7 Å². The molecule has 228 valence electrons. The molecule has 1 aliphatic rings. The predicted molar refractivity (Wildman–Crippen MR) is 164 cm³/mol. The number of fused-ring (bicyclic) bond motifs is 1. The minimum absolute atomic E-state index is 0.00115. The maximum atomic E-state index is 13.4. The highest BCUT2D eigenvalue weighted by Gasteiger charge is 2.22. The van der Waals surface area contributed by atoms with Gasteiger partial charge in [0.1, 0.15) is 16.2 Å². The number of sulfone groups is 1. The quantitative estimate of drug-likeness (QED) is 0.154. The predicted octanol–water partition coefficient (Wildman–Crippen LogP) is 3.04. The first-order valence-corrected chi connectivity index (χ1v) is 16.2. The molecular weight excluding hydrogens is 580 g/mol. The van der Waals surface area contributed by atoms with Crippen molar-refractivity contribution in [1.29, 1.82) is 0 Å². The molecule has 42 heavy (non-hydrogen) atoms. The van der Waals surface area contributed by atoms with Gasteiger partial charge >= 0.3 is 0 Å². The molecule has 1 fully saturated rings. The molecule has 1 aliphatic heterocycles. The Morgan fingerprint density at radius 2 is 1.90 bits per heavy atom. The first-order valence-electron chi connectivity index (χ1n) is 13.7. The van der Waals surface area contributed by atoms with Crippen LogP contribution in [0.5, 0.6) is 0 Å². The summed E-state index contributed by atoms with van der Waals surface area (Å²) in [5.41, 5.74) is 1.07. The Kier molecular flexibility index (Phi) is 11.2. The molecule has 0 radical (unpaired) electrons. The first-order chi connectivity index (χ1) is 20.2. The van der Waals surface area contributed by atoms with Crippen LogP contribution in [0.3, 0.4) is 0 Å². The van der Waals surface area contributed by atoms with Gasteiger partial charge in [-0.2, -0.15) is 0 Å². The topological polar surface area (TPSA) is 136 Å². The molecule has 1 saturated heterocycles. The number of carbonyl (C=O) groups is 1. The van der Waals surface area contributed by atoms with Crippen LogP contribution in [-0.4, -0.2) is 108 Å². The van der Waals surface area contributed by atoms with Gasteiger partial charge in [-0.15, -0.1) is 0 Å². The number of pyridine rings is 1. The number of nitrogens with one attached hydrogen (secondary N) is 1. The van der Waals surface area contributed by atoms with E-state index in [2.05, 4.69) is 25.3 Å². The van der Waals surface area contributed by atoms with E-state index in [4.69, 9.17) is 19.3 Å². The van der Waals surface area contributed by atoms with Crippen molar-refractivity contribution in [2.24, 2.45) is 5.16 Å². The van der Waals surface area contributed by atoms with Crippen LogP contribution in [-0.2, 0) is 28.9 Å². The lowest BCUT2D eigenvalue weighted by Gasteiger charge is -2.19. The van der Waals surface area contributed by atoms with E-state index in [9.17, 15) is 13.2 Å². The van der Waals surface area contributed by atoms with E-state index in [0.717, 1.165) is 25.3 Å². The summed E-state index contributed by atoms with van der Waals surface area (Å²) in [6.07, 6.45) is 1.78. The molecule has 1 atom stereocenters. The molecule has 0 unspecified atom stereocenters. The van der Waals surface area contributed by atoms with Crippen LogP contribution < -0.4 is 10.2 Å². The van der Waals surface area contributed by atoms with Gasteiger partial charge in [0.15, 0.2) is 26.8 Å². The van der Waals surface area contributed by atoms with E-state index in [-0.39, 0.29) is 22.5 Å². The lowest BCUT2D eigenvalue weighted by molar-refractivity contribution is -0.110. The van der Waals surface area contributed by atoms with Crippen molar-refractivity contribution in [3.63, 3.8) is 0 Å². The molecule has 1 aromatic carbocycles. The lowest BCUT2D eigenvalue weighted by atomic mass is 10.1. The molecule has 0 spiro atoms. The van der Waals surface area contributed by atoms with E-state index < -0.39 is 15.7 Å². The summed E-state index contributed by atoms with van der Waals surface area (Å²) in [7, 11) is 4.14. The van der Waals surface area contributed by atoms with Gasteiger partial charge in [0, 0.05) is 39.3 Å². The van der Waals surface area contributed by atoms with Crippen molar-refractivity contribution in [2.45, 2.75) is 30.3 Å². The Balaban J connectivity index is 1.51. The van der Waals surface area contributed by atoms with Crippen LogP contribution >= 0.6 is 11.3 Å². The number of benzene rings is 1. The molecule has 1 N–H and O–H groups in total. The minimum atomic E-state index is -3.49. The average Bonchev–Trinajstić information content (AvgIpc) is 3.62. The lowest BCUT2D eigenvalue weighted by Crippen LogP contribution is -2.25. The van der Waals surface area contributed by atoms with E-state index >= 15 is 0 Å². The second kappa shape index (κ2) is 14.8. The van der Waals surface area contributed by atoms with Crippen molar-refractivity contribution in [2.75, 3.05) is 77.1 Å². The van der Waals surface area contributed by atoms with Crippen molar-refractivity contribution < 1.29 is 27.5 Å². The molecule has 3 heterocycles.